The average Bonchev–Trinajstić information content (AvgIpc) is 2.67. The summed E-state index contributed by atoms with van der Waals surface area (Å²) < 4.78 is 0. The third kappa shape index (κ3) is 3.96. The Labute approximate surface area is 94.7 Å². The molecule has 0 aromatic rings. The fourth-order valence-electron chi connectivity index (χ4n) is 2.50. The molecular formula is C13H26N2. The normalized spacial score (nSPS) is 26.1. The minimum atomic E-state index is 0.545. The Morgan fingerprint density at radius 1 is 1.53 bits per heavy atom. The number of hydrogen-bond donors (Lipinski definition) is 1. The molecule has 1 saturated heterocycles. The lowest BCUT2D eigenvalue weighted by molar-refractivity contribution is 0.184. The standard InChI is InChI=1S/C13H26N2/c1-4-6-7-10-15(3)12-13(5-2)8-9-14-11-13/h4,14H,1,5-12H2,2-3H3. The SMILES string of the molecule is C=CCCCN(C)CC1(CC)CCNC1. The minimum Gasteiger partial charge on any atom is -0.316 e. The summed E-state index contributed by atoms with van der Waals surface area (Å²) in [5, 5.41) is 3.49. The molecular weight excluding hydrogens is 184 g/mol. The summed E-state index contributed by atoms with van der Waals surface area (Å²) >= 11 is 0. The summed E-state index contributed by atoms with van der Waals surface area (Å²) in [6, 6.07) is 0. The quantitative estimate of drug-likeness (QED) is 0.512. The van der Waals surface area contributed by atoms with Crippen LogP contribution in [-0.4, -0.2) is 38.1 Å². The van der Waals surface area contributed by atoms with Crippen molar-refractivity contribution in [3.8, 4) is 0 Å². The van der Waals surface area contributed by atoms with Crippen LogP contribution in [0.15, 0.2) is 12.7 Å². The Balaban J connectivity index is 2.28. The molecule has 0 spiro atoms. The zero-order chi connectivity index (χ0) is 11.1. The van der Waals surface area contributed by atoms with E-state index in [-0.39, 0.29) is 0 Å². The summed E-state index contributed by atoms with van der Waals surface area (Å²) in [6.07, 6.45) is 7.04. The maximum absolute atomic E-state index is 3.76. The third-order valence-electron chi connectivity index (χ3n) is 3.64. The van der Waals surface area contributed by atoms with Gasteiger partial charge in [0.1, 0.15) is 0 Å². The Morgan fingerprint density at radius 3 is 2.87 bits per heavy atom. The molecule has 0 bridgehead atoms. The van der Waals surface area contributed by atoms with Crippen molar-refractivity contribution < 1.29 is 0 Å². The number of hydrogen-bond acceptors (Lipinski definition) is 2. The zero-order valence-corrected chi connectivity index (χ0v) is 10.4. The van der Waals surface area contributed by atoms with E-state index in [1.165, 1.54) is 45.4 Å². The van der Waals surface area contributed by atoms with Gasteiger partial charge >= 0.3 is 0 Å². The Hall–Kier alpha value is -0.340. The molecule has 0 aliphatic carbocycles. The fraction of sp³-hybridized carbons (Fsp3) is 0.846. The van der Waals surface area contributed by atoms with Crippen molar-refractivity contribution >= 4 is 0 Å². The van der Waals surface area contributed by atoms with Crippen LogP contribution in [0.2, 0.25) is 0 Å². The van der Waals surface area contributed by atoms with E-state index in [1.807, 2.05) is 6.08 Å². The topological polar surface area (TPSA) is 15.3 Å². The zero-order valence-electron chi connectivity index (χ0n) is 10.4. The molecule has 1 aliphatic heterocycles. The van der Waals surface area contributed by atoms with Gasteiger partial charge in [-0.3, -0.25) is 0 Å². The van der Waals surface area contributed by atoms with Gasteiger partial charge in [-0.2, -0.15) is 0 Å². The number of allylic oxidation sites excluding steroid dienone is 1. The molecule has 1 N–H and O–H groups in total. The molecule has 0 aromatic carbocycles. The van der Waals surface area contributed by atoms with Gasteiger partial charge in [-0.15, -0.1) is 6.58 Å². The van der Waals surface area contributed by atoms with Crippen LogP contribution in [-0.2, 0) is 0 Å². The van der Waals surface area contributed by atoms with Crippen LogP contribution in [0, 0.1) is 5.41 Å². The predicted octanol–water partition coefficient (Wildman–Crippen LogP) is 2.27. The van der Waals surface area contributed by atoms with E-state index in [1.54, 1.807) is 0 Å². The monoisotopic (exact) mass is 210 g/mol. The van der Waals surface area contributed by atoms with Gasteiger partial charge in [0.25, 0.3) is 0 Å². The molecule has 0 amide bonds. The number of unbranched alkanes of at least 4 members (excludes halogenated alkanes) is 1. The first-order valence-corrected chi connectivity index (χ1v) is 6.22. The molecule has 88 valence electrons. The molecule has 0 saturated carbocycles. The Morgan fingerprint density at radius 2 is 2.33 bits per heavy atom. The van der Waals surface area contributed by atoms with Crippen molar-refractivity contribution in [1.82, 2.24) is 10.2 Å². The molecule has 1 rings (SSSR count). The Kier molecular flexibility index (Phi) is 5.34. The molecule has 1 fully saturated rings. The van der Waals surface area contributed by atoms with Crippen molar-refractivity contribution in [2.75, 3.05) is 33.2 Å². The van der Waals surface area contributed by atoms with E-state index in [2.05, 4.69) is 30.8 Å². The first-order chi connectivity index (χ1) is 7.22. The lowest BCUT2D eigenvalue weighted by atomic mass is 9.84. The van der Waals surface area contributed by atoms with E-state index in [0.717, 1.165) is 6.42 Å². The lowest BCUT2D eigenvalue weighted by Crippen LogP contribution is -2.37. The summed E-state index contributed by atoms with van der Waals surface area (Å²) in [4.78, 5) is 2.49. The molecule has 1 unspecified atom stereocenters. The minimum absolute atomic E-state index is 0.545. The predicted molar refractivity (Wildman–Crippen MR) is 67.1 cm³/mol. The largest absolute Gasteiger partial charge is 0.316 e. The van der Waals surface area contributed by atoms with Gasteiger partial charge in [0.2, 0.25) is 0 Å². The van der Waals surface area contributed by atoms with Crippen molar-refractivity contribution in [2.24, 2.45) is 5.41 Å². The van der Waals surface area contributed by atoms with Crippen LogP contribution in [0.3, 0.4) is 0 Å². The van der Waals surface area contributed by atoms with Crippen LogP contribution in [0.25, 0.3) is 0 Å². The van der Waals surface area contributed by atoms with Gasteiger partial charge in [-0.1, -0.05) is 13.0 Å². The number of nitrogens with zero attached hydrogens (tertiary/aromatic N) is 1. The average molecular weight is 210 g/mol. The first kappa shape index (κ1) is 12.7. The van der Waals surface area contributed by atoms with E-state index >= 15 is 0 Å². The highest BCUT2D eigenvalue weighted by atomic mass is 15.1. The lowest BCUT2D eigenvalue weighted by Gasteiger charge is -2.32. The highest BCUT2D eigenvalue weighted by Crippen LogP contribution is 2.29. The molecule has 1 aliphatic rings. The summed E-state index contributed by atoms with van der Waals surface area (Å²) in [6.45, 7) is 10.9. The van der Waals surface area contributed by atoms with Gasteiger partial charge in [0.05, 0.1) is 0 Å². The van der Waals surface area contributed by atoms with Crippen molar-refractivity contribution in [2.45, 2.75) is 32.6 Å². The molecule has 1 atom stereocenters. The smallest absolute Gasteiger partial charge is 0.00475 e. The second-order valence-electron chi connectivity index (χ2n) is 4.95. The highest BCUT2D eigenvalue weighted by Gasteiger charge is 2.32. The van der Waals surface area contributed by atoms with E-state index in [0.29, 0.717) is 5.41 Å². The van der Waals surface area contributed by atoms with E-state index in [4.69, 9.17) is 0 Å². The molecule has 2 heteroatoms. The van der Waals surface area contributed by atoms with Gasteiger partial charge in [-0.05, 0) is 51.2 Å². The van der Waals surface area contributed by atoms with Crippen molar-refractivity contribution in [1.29, 1.82) is 0 Å². The van der Waals surface area contributed by atoms with Crippen LogP contribution in [0.5, 0.6) is 0 Å². The van der Waals surface area contributed by atoms with Crippen LogP contribution in [0.1, 0.15) is 32.6 Å². The molecule has 1 heterocycles. The van der Waals surface area contributed by atoms with E-state index < -0.39 is 0 Å². The number of nitrogens with one attached hydrogen (secondary N) is 1. The maximum Gasteiger partial charge on any atom is 0.00475 e. The first-order valence-electron chi connectivity index (χ1n) is 6.22. The van der Waals surface area contributed by atoms with Gasteiger partial charge < -0.3 is 10.2 Å². The van der Waals surface area contributed by atoms with Crippen LogP contribution >= 0.6 is 0 Å². The second kappa shape index (κ2) is 6.29. The second-order valence-corrected chi connectivity index (χ2v) is 4.95. The van der Waals surface area contributed by atoms with Gasteiger partial charge in [0, 0.05) is 13.1 Å². The van der Waals surface area contributed by atoms with Crippen LogP contribution < -0.4 is 5.32 Å². The molecule has 2 nitrogen and oxygen atoms in total. The van der Waals surface area contributed by atoms with Gasteiger partial charge in [0.15, 0.2) is 0 Å². The number of rotatable bonds is 7. The molecule has 0 aromatic heterocycles. The van der Waals surface area contributed by atoms with Crippen molar-refractivity contribution in [3.63, 3.8) is 0 Å². The summed E-state index contributed by atoms with van der Waals surface area (Å²) in [5.41, 5.74) is 0.545. The summed E-state index contributed by atoms with van der Waals surface area (Å²) in [7, 11) is 2.25. The van der Waals surface area contributed by atoms with E-state index in [9.17, 15) is 0 Å². The highest BCUT2D eigenvalue weighted by molar-refractivity contribution is 4.88. The third-order valence-corrected chi connectivity index (χ3v) is 3.64. The Bertz CT molecular complexity index is 183. The van der Waals surface area contributed by atoms with Crippen molar-refractivity contribution in [3.05, 3.63) is 12.7 Å². The maximum atomic E-state index is 3.76. The van der Waals surface area contributed by atoms with Gasteiger partial charge in [-0.25, -0.2) is 0 Å². The fourth-order valence-corrected chi connectivity index (χ4v) is 2.50. The summed E-state index contributed by atoms with van der Waals surface area (Å²) in [5.74, 6) is 0. The molecule has 0 radical (unpaired) electrons. The van der Waals surface area contributed by atoms with Crippen LogP contribution in [0.4, 0.5) is 0 Å². The molecule has 15 heavy (non-hydrogen) atoms.